The van der Waals surface area contributed by atoms with E-state index in [-0.39, 0.29) is 0 Å². The third-order valence-corrected chi connectivity index (χ3v) is 6.06. The molecule has 0 aromatic rings. The van der Waals surface area contributed by atoms with Crippen LogP contribution in [0.25, 0.3) is 0 Å². The van der Waals surface area contributed by atoms with E-state index >= 15 is 0 Å². The van der Waals surface area contributed by atoms with Crippen LogP contribution in [0.1, 0.15) is 165 Å². The van der Waals surface area contributed by atoms with Crippen LogP contribution in [0.15, 0.2) is 0 Å². The van der Waals surface area contributed by atoms with Crippen LogP contribution in [-0.2, 0) is 0 Å². The maximum Gasteiger partial charge on any atom is -0.0334 e. The molecule has 0 nitrogen and oxygen atoms in total. The fraction of sp³-hybridized carbons (Fsp3) is 1.00. The lowest BCUT2D eigenvalue weighted by Crippen LogP contribution is -2.25. The van der Waals surface area contributed by atoms with Crippen molar-refractivity contribution >= 4 is 0 Å². The summed E-state index contributed by atoms with van der Waals surface area (Å²) in [5.74, 6) is 1.64. The summed E-state index contributed by atoms with van der Waals surface area (Å²) in [5.41, 5.74) is 2.87. The molecule has 0 radical (unpaired) electrons. The van der Waals surface area contributed by atoms with Crippen molar-refractivity contribution in [3.05, 3.63) is 0 Å². The van der Waals surface area contributed by atoms with Gasteiger partial charge >= 0.3 is 0 Å². The minimum absolute atomic E-state index is 0.437. The van der Waals surface area contributed by atoms with E-state index in [9.17, 15) is 0 Å². The monoisotopic (exact) mass is 457 g/mol. The van der Waals surface area contributed by atoms with Gasteiger partial charge in [0, 0.05) is 0 Å². The number of hydrogen-bond donors (Lipinski definition) is 0. The predicted molar refractivity (Wildman–Crippen MR) is 156 cm³/mol. The summed E-state index contributed by atoms with van der Waals surface area (Å²) in [6.07, 6.45) is 2.62. The second kappa shape index (κ2) is 14.4. The molecule has 0 N–H and O–H groups in total. The molecule has 200 valence electrons. The SMILES string of the molecule is CC(C)(C)C(C)(C)C.CC(C)(C)CC(C)(C)C.CC(C)C(C)(C)C.CC(C)CC(C)(C)C. The van der Waals surface area contributed by atoms with Gasteiger partial charge in [-0.05, 0) is 57.2 Å². The smallest absolute Gasteiger partial charge is 0.0334 e. The molecular formula is C32H72. The fourth-order valence-corrected chi connectivity index (χ4v) is 2.82. The third kappa shape index (κ3) is 37.3. The zero-order valence-corrected chi connectivity index (χ0v) is 27.6. The van der Waals surface area contributed by atoms with Crippen LogP contribution in [0, 0.1) is 44.3 Å². The van der Waals surface area contributed by atoms with Gasteiger partial charge in [0.15, 0.2) is 0 Å². The van der Waals surface area contributed by atoms with Crippen LogP contribution >= 0.6 is 0 Å². The van der Waals surface area contributed by atoms with Crippen LogP contribution < -0.4 is 0 Å². The van der Waals surface area contributed by atoms with E-state index in [2.05, 4.69) is 152 Å². The first-order valence-electron chi connectivity index (χ1n) is 13.3. The van der Waals surface area contributed by atoms with Crippen molar-refractivity contribution in [2.24, 2.45) is 44.3 Å². The van der Waals surface area contributed by atoms with Crippen molar-refractivity contribution < 1.29 is 0 Å². The van der Waals surface area contributed by atoms with Gasteiger partial charge in [-0.25, -0.2) is 0 Å². The summed E-state index contributed by atoms with van der Waals surface area (Å²) in [6.45, 7) is 50.0. The highest BCUT2D eigenvalue weighted by Crippen LogP contribution is 2.36. The Morgan fingerprint density at radius 2 is 0.625 bits per heavy atom. The Bertz CT molecular complexity index is 395. The topological polar surface area (TPSA) is 0 Å². The molecule has 0 rings (SSSR count). The summed E-state index contributed by atoms with van der Waals surface area (Å²) in [7, 11) is 0. The molecule has 32 heavy (non-hydrogen) atoms. The van der Waals surface area contributed by atoms with Crippen LogP contribution in [0.3, 0.4) is 0 Å². The Morgan fingerprint density at radius 3 is 0.625 bits per heavy atom. The lowest BCUT2D eigenvalue weighted by Gasteiger charge is -2.34. The maximum atomic E-state index is 2.29. The lowest BCUT2D eigenvalue weighted by molar-refractivity contribution is 0.157. The molecule has 0 unspecified atom stereocenters. The Morgan fingerprint density at radius 1 is 0.406 bits per heavy atom. The summed E-state index contributed by atoms with van der Waals surface area (Å²) < 4.78 is 0. The van der Waals surface area contributed by atoms with Gasteiger partial charge in [0.1, 0.15) is 0 Å². The normalized spacial score (nSPS) is 13.5. The minimum Gasteiger partial charge on any atom is -0.0628 e. The minimum atomic E-state index is 0.437. The summed E-state index contributed by atoms with van der Waals surface area (Å²) >= 11 is 0. The van der Waals surface area contributed by atoms with E-state index in [1.807, 2.05) is 0 Å². The Kier molecular flexibility index (Phi) is 17.7. The van der Waals surface area contributed by atoms with Gasteiger partial charge in [0.25, 0.3) is 0 Å². The molecule has 0 aromatic carbocycles. The number of hydrogen-bond acceptors (Lipinski definition) is 0. The highest BCUT2D eigenvalue weighted by molar-refractivity contribution is 4.77. The molecule has 0 aliphatic carbocycles. The first-order valence-corrected chi connectivity index (χ1v) is 13.3. The van der Waals surface area contributed by atoms with Crippen molar-refractivity contribution in [2.75, 3.05) is 0 Å². The van der Waals surface area contributed by atoms with E-state index in [1.165, 1.54) is 12.8 Å². The van der Waals surface area contributed by atoms with Crippen molar-refractivity contribution in [1.82, 2.24) is 0 Å². The van der Waals surface area contributed by atoms with Gasteiger partial charge in [-0.3, -0.25) is 0 Å². The molecular weight excluding hydrogens is 384 g/mol. The van der Waals surface area contributed by atoms with Gasteiger partial charge in [0.2, 0.25) is 0 Å². The molecule has 0 bridgehead atoms. The molecule has 0 fully saturated rings. The fourth-order valence-electron chi connectivity index (χ4n) is 2.82. The molecule has 0 heterocycles. The Labute approximate surface area is 209 Å². The molecule has 0 heteroatoms. The average Bonchev–Trinajstić information content (AvgIpc) is 2.28. The summed E-state index contributed by atoms with van der Waals surface area (Å²) in [5, 5.41) is 0. The van der Waals surface area contributed by atoms with Crippen molar-refractivity contribution in [3.8, 4) is 0 Å². The van der Waals surface area contributed by atoms with Crippen molar-refractivity contribution in [3.63, 3.8) is 0 Å². The predicted octanol–water partition coefficient (Wildman–Crippen LogP) is 12.3. The zero-order valence-electron chi connectivity index (χ0n) is 27.6. The molecule has 0 aromatic heterocycles. The molecule has 0 aliphatic heterocycles. The number of rotatable bonds is 1. The van der Waals surface area contributed by atoms with E-state index in [1.54, 1.807) is 0 Å². The van der Waals surface area contributed by atoms with Crippen molar-refractivity contribution in [2.45, 2.75) is 165 Å². The lowest BCUT2D eigenvalue weighted by atomic mass is 9.71. The largest absolute Gasteiger partial charge is 0.0628 e. The molecule has 0 aliphatic rings. The van der Waals surface area contributed by atoms with E-state index in [0.29, 0.717) is 32.5 Å². The first-order chi connectivity index (χ1) is 13.3. The standard InChI is InChI=1S/C9H20.2C8H18.C7H16/c1-8(2,3)7-9(4,5)6;1-7(2)6-8(3,4)5;1-7(2,3)8(4,5)6;1-6(2)7(3,4)5/h7H2,1-6H3;7H,6H2,1-5H3;1-6H3;6H,1-5H3. The molecule has 0 saturated carbocycles. The maximum absolute atomic E-state index is 2.29. The quantitative estimate of drug-likeness (QED) is 0.368. The Hall–Kier alpha value is 0. The average molecular weight is 457 g/mol. The van der Waals surface area contributed by atoms with Gasteiger partial charge in [0.05, 0.1) is 0 Å². The van der Waals surface area contributed by atoms with Crippen LogP contribution in [-0.4, -0.2) is 0 Å². The molecule has 0 spiro atoms. The van der Waals surface area contributed by atoms with Gasteiger partial charge in [-0.1, -0.05) is 152 Å². The second-order valence-electron chi connectivity index (χ2n) is 17.5. The van der Waals surface area contributed by atoms with Crippen molar-refractivity contribution in [1.29, 1.82) is 0 Å². The third-order valence-electron chi connectivity index (χ3n) is 6.06. The zero-order chi connectivity index (χ0) is 27.6. The molecule has 0 amide bonds. The summed E-state index contributed by atoms with van der Waals surface area (Å²) in [4.78, 5) is 0. The molecule has 0 atom stereocenters. The first kappa shape index (κ1) is 39.2. The second-order valence-corrected chi connectivity index (χ2v) is 17.5. The van der Waals surface area contributed by atoms with E-state index in [0.717, 1.165) is 11.8 Å². The van der Waals surface area contributed by atoms with Gasteiger partial charge in [-0.15, -0.1) is 0 Å². The molecule has 0 saturated heterocycles. The Balaban J connectivity index is -0.000000164. The van der Waals surface area contributed by atoms with Gasteiger partial charge in [-0.2, -0.15) is 0 Å². The highest BCUT2D eigenvalue weighted by Gasteiger charge is 2.26. The summed E-state index contributed by atoms with van der Waals surface area (Å²) in [6, 6.07) is 0. The van der Waals surface area contributed by atoms with Gasteiger partial charge < -0.3 is 0 Å². The van der Waals surface area contributed by atoms with E-state index in [4.69, 9.17) is 0 Å². The van der Waals surface area contributed by atoms with Crippen LogP contribution in [0.5, 0.6) is 0 Å². The van der Waals surface area contributed by atoms with E-state index < -0.39 is 0 Å². The van der Waals surface area contributed by atoms with Crippen LogP contribution in [0.2, 0.25) is 0 Å². The highest BCUT2D eigenvalue weighted by atomic mass is 14.3. The van der Waals surface area contributed by atoms with Crippen LogP contribution in [0.4, 0.5) is 0 Å².